The molecule has 0 aliphatic rings. The first-order chi connectivity index (χ1) is 10.1. The van der Waals surface area contributed by atoms with Gasteiger partial charge in [0, 0.05) is 5.56 Å². The van der Waals surface area contributed by atoms with Crippen LogP contribution in [0.2, 0.25) is 0 Å². The molecular weight excluding hydrogens is 268 g/mol. The van der Waals surface area contributed by atoms with E-state index in [1.807, 2.05) is 13.0 Å². The fraction of sp³-hybridized carbons (Fsp3) is 0.125. The molecule has 5 nitrogen and oxygen atoms in total. The van der Waals surface area contributed by atoms with Crippen LogP contribution in [0.5, 0.6) is 5.75 Å². The van der Waals surface area contributed by atoms with Gasteiger partial charge in [-0.25, -0.2) is 5.43 Å². The maximum Gasteiger partial charge on any atom is 0.273 e. The van der Waals surface area contributed by atoms with Crippen molar-refractivity contribution in [3.05, 3.63) is 65.2 Å². The number of nitrogens with one attached hydrogen (secondary N) is 1. The lowest BCUT2D eigenvalue weighted by Gasteiger charge is -2.08. The number of nitrogens with zero attached hydrogens (tertiary/aromatic N) is 1. The predicted octanol–water partition coefficient (Wildman–Crippen LogP) is 1.88. The molecule has 1 amide bonds. The van der Waals surface area contributed by atoms with Crippen molar-refractivity contribution in [3.63, 3.8) is 0 Å². The lowest BCUT2D eigenvalue weighted by molar-refractivity contribution is -0.129. The van der Waals surface area contributed by atoms with Crippen LogP contribution < -0.4 is 5.43 Å². The first kappa shape index (κ1) is 14.7. The molecule has 2 aromatic rings. The topological polar surface area (TPSA) is 81.9 Å². The van der Waals surface area contributed by atoms with Crippen molar-refractivity contribution in [2.24, 2.45) is 5.10 Å². The second-order valence-corrected chi connectivity index (χ2v) is 4.61. The second-order valence-electron chi connectivity index (χ2n) is 4.61. The average Bonchev–Trinajstić information content (AvgIpc) is 2.49. The van der Waals surface area contributed by atoms with E-state index in [4.69, 9.17) is 0 Å². The smallest absolute Gasteiger partial charge is 0.273 e. The molecule has 0 fully saturated rings. The maximum atomic E-state index is 11.7. The number of carbonyl (C=O) groups is 1. The summed E-state index contributed by atoms with van der Waals surface area (Å²) in [7, 11) is 0. The number of phenols is 1. The van der Waals surface area contributed by atoms with Crippen LogP contribution in [0.15, 0.2) is 53.6 Å². The molecule has 2 aromatic carbocycles. The summed E-state index contributed by atoms with van der Waals surface area (Å²) < 4.78 is 0. The van der Waals surface area contributed by atoms with Gasteiger partial charge < -0.3 is 10.2 Å². The van der Waals surface area contributed by atoms with Crippen molar-refractivity contribution in [1.82, 2.24) is 5.43 Å². The molecule has 0 aliphatic heterocycles. The van der Waals surface area contributed by atoms with Crippen molar-refractivity contribution in [1.29, 1.82) is 0 Å². The van der Waals surface area contributed by atoms with Crippen molar-refractivity contribution in [2.45, 2.75) is 13.0 Å². The predicted molar refractivity (Wildman–Crippen MR) is 80.0 cm³/mol. The molecule has 108 valence electrons. The normalized spacial score (nSPS) is 12.3. The van der Waals surface area contributed by atoms with Crippen LogP contribution in [0.3, 0.4) is 0 Å². The van der Waals surface area contributed by atoms with E-state index in [1.54, 1.807) is 42.5 Å². The lowest BCUT2D eigenvalue weighted by Crippen LogP contribution is -2.25. The molecule has 3 N–H and O–H groups in total. The molecule has 0 aromatic heterocycles. The van der Waals surface area contributed by atoms with Gasteiger partial charge in [-0.15, -0.1) is 0 Å². The van der Waals surface area contributed by atoms with Crippen molar-refractivity contribution in [2.75, 3.05) is 0 Å². The molecule has 0 bridgehead atoms. The number of aliphatic hydroxyl groups is 1. The zero-order chi connectivity index (χ0) is 15.2. The number of hydrogen-bond acceptors (Lipinski definition) is 4. The Labute approximate surface area is 122 Å². The molecular formula is C16H16N2O3. The van der Waals surface area contributed by atoms with Gasteiger partial charge in [-0.05, 0) is 30.2 Å². The third kappa shape index (κ3) is 3.90. The van der Waals surface area contributed by atoms with E-state index in [9.17, 15) is 15.0 Å². The summed E-state index contributed by atoms with van der Waals surface area (Å²) in [5.74, 6) is -0.555. The average molecular weight is 284 g/mol. The monoisotopic (exact) mass is 284 g/mol. The number of hydrogen-bond donors (Lipinski definition) is 3. The number of carbonyl (C=O) groups excluding carboxylic acids is 1. The standard InChI is InChI=1S/C16H16N2O3/c1-11-7-8-13(14(19)9-11)10-17-18-16(21)15(20)12-5-3-2-4-6-12/h2-10,15,19-20H,1H3,(H,18,21)/b17-10-/t15-/m0/s1. The Morgan fingerprint density at radius 2 is 1.95 bits per heavy atom. The van der Waals surface area contributed by atoms with Gasteiger partial charge in [-0.3, -0.25) is 4.79 Å². The van der Waals surface area contributed by atoms with E-state index in [1.165, 1.54) is 6.21 Å². The van der Waals surface area contributed by atoms with Crippen molar-refractivity contribution >= 4 is 12.1 Å². The van der Waals surface area contributed by atoms with Gasteiger partial charge in [0.1, 0.15) is 5.75 Å². The molecule has 0 aliphatic carbocycles. The molecule has 5 heteroatoms. The van der Waals surface area contributed by atoms with E-state index in [0.717, 1.165) is 5.56 Å². The van der Waals surface area contributed by atoms with Crippen molar-refractivity contribution in [3.8, 4) is 5.75 Å². The van der Waals surface area contributed by atoms with Crippen LogP contribution in [0.1, 0.15) is 22.8 Å². The third-order valence-electron chi connectivity index (χ3n) is 2.93. The number of rotatable bonds is 4. The zero-order valence-corrected chi connectivity index (χ0v) is 11.5. The first-order valence-electron chi connectivity index (χ1n) is 6.43. The Morgan fingerprint density at radius 3 is 2.62 bits per heavy atom. The van der Waals surface area contributed by atoms with Crippen LogP contribution in [0.4, 0.5) is 0 Å². The summed E-state index contributed by atoms with van der Waals surface area (Å²) in [6, 6.07) is 13.7. The van der Waals surface area contributed by atoms with Crippen LogP contribution in [-0.4, -0.2) is 22.3 Å². The summed E-state index contributed by atoms with van der Waals surface area (Å²) in [6.07, 6.45) is 0.0414. The molecule has 21 heavy (non-hydrogen) atoms. The lowest BCUT2D eigenvalue weighted by atomic mass is 10.1. The highest BCUT2D eigenvalue weighted by Gasteiger charge is 2.15. The number of aliphatic hydroxyl groups excluding tert-OH is 1. The number of aromatic hydroxyl groups is 1. The maximum absolute atomic E-state index is 11.7. The molecule has 0 saturated heterocycles. The van der Waals surface area contributed by atoms with Crippen molar-refractivity contribution < 1.29 is 15.0 Å². The minimum absolute atomic E-state index is 0.0802. The largest absolute Gasteiger partial charge is 0.507 e. The number of aryl methyl sites for hydroxylation is 1. The fourth-order valence-electron chi connectivity index (χ4n) is 1.78. The highest BCUT2D eigenvalue weighted by Crippen LogP contribution is 2.16. The van der Waals surface area contributed by atoms with Gasteiger partial charge in [0.15, 0.2) is 6.10 Å². The molecule has 0 saturated carbocycles. The quantitative estimate of drug-likeness (QED) is 0.592. The van der Waals surface area contributed by atoms with Gasteiger partial charge in [0.05, 0.1) is 6.21 Å². The molecule has 0 unspecified atom stereocenters. The summed E-state index contributed by atoms with van der Waals surface area (Å²) in [5, 5.41) is 23.3. The Morgan fingerprint density at radius 1 is 1.24 bits per heavy atom. The van der Waals surface area contributed by atoms with Gasteiger partial charge in [-0.1, -0.05) is 36.4 Å². The number of benzene rings is 2. The first-order valence-corrected chi connectivity index (χ1v) is 6.43. The fourth-order valence-corrected chi connectivity index (χ4v) is 1.78. The van der Waals surface area contributed by atoms with E-state index in [2.05, 4.69) is 10.5 Å². The Balaban J connectivity index is 1.99. The summed E-state index contributed by atoms with van der Waals surface area (Å²) in [5.41, 5.74) is 4.14. The van der Waals surface area contributed by atoms with Crippen LogP contribution in [0.25, 0.3) is 0 Å². The molecule has 0 spiro atoms. The minimum atomic E-state index is -1.28. The number of hydrazone groups is 1. The van der Waals surface area contributed by atoms with E-state index < -0.39 is 12.0 Å². The van der Waals surface area contributed by atoms with Gasteiger partial charge in [0.25, 0.3) is 5.91 Å². The summed E-state index contributed by atoms with van der Waals surface area (Å²) >= 11 is 0. The van der Waals surface area contributed by atoms with Gasteiger partial charge in [0.2, 0.25) is 0 Å². The highest BCUT2D eigenvalue weighted by atomic mass is 16.3. The van der Waals surface area contributed by atoms with E-state index in [0.29, 0.717) is 11.1 Å². The summed E-state index contributed by atoms with van der Waals surface area (Å²) in [4.78, 5) is 11.7. The Hall–Kier alpha value is -2.66. The SMILES string of the molecule is Cc1ccc(/C=N\NC(=O)[C@@H](O)c2ccccc2)c(O)c1. The van der Waals surface area contributed by atoms with Crippen LogP contribution >= 0.6 is 0 Å². The Bertz CT molecular complexity index is 654. The zero-order valence-electron chi connectivity index (χ0n) is 11.5. The number of amides is 1. The third-order valence-corrected chi connectivity index (χ3v) is 2.93. The molecule has 0 heterocycles. The van der Waals surface area contributed by atoms with Gasteiger partial charge >= 0.3 is 0 Å². The second kappa shape index (κ2) is 6.67. The number of phenolic OH excluding ortho intramolecular Hbond substituents is 1. The van der Waals surface area contributed by atoms with Crippen LogP contribution in [0, 0.1) is 6.92 Å². The molecule has 0 radical (unpaired) electrons. The van der Waals surface area contributed by atoms with E-state index >= 15 is 0 Å². The summed E-state index contributed by atoms with van der Waals surface area (Å²) in [6.45, 7) is 1.86. The highest BCUT2D eigenvalue weighted by molar-refractivity contribution is 5.86. The Kier molecular flexibility index (Phi) is 4.68. The van der Waals surface area contributed by atoms with E-state index in [-0.39, 0.29) is 5.75 Å². The van der Waals surface area contributed by atoms with Gasteiger partial charge in [-0.2, -0.15) is 5.10 Å². The van der Waals surface area contributed by atoms with Crippen LogP contribution in [-0.2, 0) is 4.79 Å². The minimum Gasteiger partial charge on any atom is -0.507 e. The molecule has 1 atom stereocenters. The molecule has 2 rings (SSSR count).